The van der Waals surface area contributed by atoms with Gasteiger partial charge in [-0.05, 0) is 49.4 Å². The van der Waals surface area contributed by atoms with Gasteiger partial charge in [-0.25, -0.2) is 8.42 Å². The first-order chi connectivity index (χ1) is 11.3. The highest BCUT2D eigenvalue weighted by Crippen LogP contribution is 2.26. The molecule has 1 N–H and O–H groups in total. The van der Waals surface area contributed by atoms with Gasteiger partial charge in [-0.1, -0.05) is 30.9 Å². The van der Waals surface area contributed by atoms with Crippen LogP contribution in [0, 0.1) is 12.8 Å². The van der Waals surface area contributed by atoms with Gasteiger partial charge >= 0.3 is 0 Å². The maximum atomic E-state index is 12.3. The van der Waals surface area contributed by atoms with E-state index in [0.717, 1.165) is 23.4 Å². The third kappa shape index (κ3) is 5.38. The van der Waals surface area contributed by atoms with E-state index in [1.807, 2.05) is 0 Å². The molecular formula is C17H25ClN2O3S. The first kappa shape index (κ1) is 19.1. The number of amides is 1. The molecule has 1 aromatic rings. The normalized spacial score (nSPS) is 16.0. The molecule has 134 valence electrons. The molecule has 1 aromatic carbocycles. The molecule has 1 amide bonds. The number of sulfonamides is 1. The van der Waals surface area contributed by atoms with Crippen LogP contribution in [-0.2, 0) is 14.8 Å². The highest BCUT2D eigenvalue weighted by atomic mass is 35.5. The molecule has 1 aliphatic carbocycles. The summed E-state index contributed by atoms with van der Waals surface area (Å²) in [6.45, 7) is 2.18. The number of rotatable bonds is 6. The topological polar surface area (TPSA) is 66.5 Å². The van der Waals surface area contributed by atoms with Crippen molar-refractivity contribution < 1.29 is 13.2 Å². The van der Waals surface area contributed by atoms with Crippen LogP contribution in [0.15, 0.2) is 18.2 Å². The van der Waals surface area contributed by atoms with Crippen LogP contribution in [0.1, 0.15) is 37.7 Å². The summed E-state index contributed by atoms with van der Waals surface area (Å²) >= 11 is 5.93. The fourth-order valence-corrected chi connectivity index (χ4v) is 4.26. The monoisotopic (exact) mass is 372 g/mol. The summed E-state index contributed by atoms with van der Waals surface area (Å²) in [4.78, 5) is 12.3. The summed E-state index contributed by atoms with van der Waals surface area (Å²) in [6.07, 6.45) is 7.05. The number of nitrogens with one attached hydrogen (secondary N) is 1. The van der Waals surface area contributed by atoms with E-state index in [-0.39, 0.29) is 12.5 Å². The van der Waals surface area contributed by atoms with Gasteiger partial charge in [0.05, 0.1) is 11.9 Å². The molecule has 0 heterocycles. The van der Waals surface area contributed by atoms with E-state index >= 15 is 0 Å². The van der Waals surface area contributed by atoms with Crippen LogP contribution in [0.5, 0.6) is 0 Å². The largest absolute Gasteiger partial charge is 0.354 e. The van der Waals surface area contributed by atoms with E-state index in [9.17, 15) is 13.2 Å². The van der Waals surface area contributed by atoms with Gasteiger partial charge in [0.2, 0.25) is 15.9 Å². The highest BCUT2D eigenvalue weighted by Gasteiger charge is 2.23. The first-order valence-electron chi connectivity index (χ1n) is 8.28. The van der Waals surface area contributed by atoms with Crippen LogP contribution >= 0.6 is 11.6 Å². The number of hydrogen-bond acceptors (Lipinski definition) is 3. The Bertz CT molecular complexity index is 685. The second-order valence-electron chi connectivity index (χ2n) is 6.51. The Morgan fingerprint density at radius 1 is 1.29 bits per heavy atom. The van der Waals surface area contributed by atoms with E-state index in [0.29, 0.717) is 28.7 Å². The quantitative estimate of drug-likeness (QED) is 0.834. The highest BCUT2D eigenvalue weighted by molar-refractivity contribution is 7.92. The molecule has 0 unspecified atom stereocenters. The molecule has 0 atom stereocenters. The molecule has 5 nitrogen and oxygen atoms in total. The summed E-state index contributed by atoms with van der Waals surface area (Å²) in [6, 6.07) is 4.95. The van der Waals surface area contributed by atoms with Crippen molar-refractivity contribution in [3.8, 4) is 0 Å². The third-order valence-electron chi connectivity index (χ3n) is 4.43. The Kier molecular flexibility index (Phi) is 6.52. The summed E-state index contributed by atoms with van der Waals surface area (Å²) < 4.78 is 25.4. The molecule has 0 bridgehead atoms. The maximum absolute atomic E-state index is 12.3. The number of carbonyl (C=O) groups is 1. The van der Waals surface area contributed by atoms with Crippen LogP contribution < -0.4 is 9.62 Å². The van der Waals surface area contributed by atoms with Crippen molar-refractivity contribution in [3.63, 3.8) is 0 Å². The number of benzene rings is 1. The summed E-state index contributed by atoms with van der Waals surface area (Å²) in [5, 5.41) is 3.42. The lowest BCUT2D eigenvalue weighted by Gasteiger charge is -2.25. The van der Waals surface area contributed by atoms with Gasteiger partial charge in [0.15, 0.2) is 0 Å². The minimum absolute atomic E-state index is 0.214. The molecule has 0 spiro atoms. The second-order valence-corrected chi connectivity index (χ2v) is 8.85. The van der Waals surface area contributed by atoms with Gasteiger partial charge in [-0.3, -0.25) is 9.10 Å². The predicted octanol–water partition coefficient (Wildman–Crippen LogP) is 3.11. The maximum Gasteiger partial charge on any atom is 0.240 e. The van der Waals surface area contributed by atoms with Crippen molar-refractivity contribution in [1.82, 2.24) is 5.32 Å². The van der Waals surface area contributed by atoms with Gasteiger partial charge in [-0.15, -0.1) is 0 Å². The fourth-order valence-electron chi connectivity index (χ4n) is 3.12. The van der Waals surface area contributed by atoms with Crippen molar-refractivity contribution >= 4 is 33.2 Å². The zero-order chi connectivity index (χ0) is 17.7. The van der Waals surface area contributed by atoms with Gasteiger partial charge < -0.3 is 5.32 Å². The predicted molar refractivity (Wildman–Crippen MR) is 98.0 cm³/mol. The average Bonchev–Trinajstić information content (AvgIpc) is 2.51. The van der Waals surface area contributed by atoms with E-state index in [1.54, 1.807) is 25.1 Å². The second kappa shape index (κ2) is 8.21. The van der Waals surface area contributed by atoms with Gasteiger partial charge in [0.25, 0.3) is 0 Å². The molecular weight excluding hydrogens is 348 g/mol. The first-order valence-corrected chi connectivity index (χ1v) is 10.5. The number of carbonyl (C=O) groups excluding carboxylic acids is 1. The molecule has 2 rings (SSSR count). The molecule has 24 heavy (non-hydrogen) atoms. The minimum atomic E-state index is -3.56. The Labute approximate surface area is 149 Å². The van der Waals surface area contributed by atoms with E-state index < -0.39 is 10.0 Å². The van der Waals surface area contributed by atoms with E-state index in [2.05, 4.69) is 5.32 Å². The van der Waals surface area contributed by atoms with Crippen LogP contribution in [0.4, 0.5) is 5.69 Å². The number of aryl methyl sites for hydroxylation is 1. The van der Waals surface area contributed by atoms with Gasteiger partial charge in [0, 0.05) is 11.6 Å². The minimum Gasteiger partial charge on any atom is -0.354 e. The van der Waals surface area contributed by atoms with Crippen molar-refractivity contribution in [1.29, 1.82) is 0 Å². The van der Waals surface area contributed by atoms with Crippen molar-refractivity contribution in [2.45, 2.75) is 39.0 Å². The molecule has 1 saturated carbocycles. The summed E-state index contributed by atoms with van der Waals surface area (Å²) in [5.74, 6) is 0.229. The lowest BCUT2D eigenvalue weighted by molar-refractivity contribution is -0.119. The van der Waals surface area contributed by atoms with Crippen molar-refractivity contribution in [2.75, 3.05) is 23.7 Å². The van der Waals surface area contributed by atoms with Crippen LogP contribution in [0.3, 0.4) is 0 Å². The van der Waals surface area contributed by atoms with Crippen molar-refractivity contribution in [2.24, 2.45) is 5.92 Å². The number of anilines is 1. The Morgan fingerprint density at radius 3 is 2.54 bits per heavy atom. The van der Waals surface area contributed by atoms with Crippen molar-refractivity contribution in [3.05, 3.63) is 28.8 Å². The zero-order valence-electron chi connectivity index (χ0n) is 14.2. The fraction of sp³-hybridized carbons (Fsp3) is 0.588. The smallest absolute Gasteiger partial charge is 0.240 e. The Hall–Kier alpha value is -1.27. The van der Waals surface area contributed by atoms with E-state index in [4.69, 9.17) is 11.6 Å². The molecule has 1 fully saturated rings. The molecule has 1 aliphatic rings. The van der Waals surface area contributed by atoms with Gasteiger partial charge in [-0.2, -0.15) is 0 Å². The lowest BCUT2D eigenvalue weighted by Crippen LogP contribution is -2.42. The third-order valence-corrected chi connectivity index (χ3v) is 5.79. The number of halogens is 1. The van der Waals surface area contributed by atoms with Gasteiger partial charge in [0.1, 0.15) is 6.54 Å². The van der Waals surface area contributed by atoms with Crippen LogP contribution in [-0.4, -0.2) is 33.7 Å². The van der Waals surface area contributed by atoms with E-state index in [1.165, 1.54) is 19.3 Å². The number of hydrogen-bond donors (Lipinski definition) is 1. The molecule has 7 heteroatoms. The molecule has 0 aromatic heterocycles. The average molecular weight is 373 g/mol. The Balaban J connectivity index is 2.04. The number of nitrogens with zero attached hydrogens (tertiary/aromatic N) is 1. The van der Waals surface area contributed by atoms with Crippen LogP contribution in [0.25, 0.3) is 0 Å². The zero-order valence-corrected chi connectivity index (χ0v) is 15.8. The molecule has 0 aliphatic heterocycles. The Morgan fingerprint density at radius 2 is 1.96 bits per heavy atom. The molecule has 0 radical (unpaired) electrons. The molecule has 0 saturated heterocycles. The standard InChI is InChI=1S/C17H25ClN2O3S/c1-13-10-15(18)8-9-16(13)20(24(2,22)23)12-17(21)19-11-14-6-4-3-5-7-14/h8-10,14H,3-7,11-12H2,1-2H3,(H,19,21). The SMILES string of the molecule is Cc1cc(Cl)ccc1N(CC(=O)NCC1CCCCC1)S(C)(=O)=O. The summed E-state index contributed by atoms with van der Waals surface area (Å²) in [5.41, 5.74) is 1.20. The lowest BCUT2D eigenvalue weighted by atomic mass is 9.89. The summed E-state index contributed by atoms with van der Waals surface area (Å²) in [7, 11) is -3.56. The van der Waals surface area contributed by atoms with Crippen LogP contribution in [0.2, 0.25) is 5.02 Å².